The van der Waals surface area contributed by atoms with Crippen molar-refractivity contribution in [3.05, 3.63) is 64.1 Å². The maximum atomic E-state index is 6.13. The first-order chi connectivity index (χ1) is 11.7. The molecule has 0 N–H and O–H groups in total. The molecule has 1 saturated heterocycles. The lowest BCUT2D eigenvalue weighted by Crippen LogP contribution is -2.47. The van der Waals surface area contributed by atoms with Gasteiger partial charge in [-0.1, -0.05) is 53.5 Å². The number of hydrogen-bond acceptors (Lipinski definition) is 2. The van der Waals surface area contributed by atoms with E-state index < -0.39 is 0 Å². The molecule has 1 heterocycles. The molecule has 4 heteroatoms. The lowest BCUT2D eigenvalue weighted by atomic mass is 10.1. The van der Waals surface area contributed by atoms with E-state index in [0.717, 1.165) is 43.7 Å². The van der Waals surface area contributed by atoms with Crippen LogP contribution >= 0.6 is 23.2 Å². The quantitative estimate of drug-likeness (QED) is 0.763. The van der Waals surface area contributed by atoms with Crippen LogP contribution in [0.3, 0.4) is 0 Å². The molecule has 1 aliphatic carbocycles. The van der Waals surface area contributed by atoms with Crippen molar-refractivity contribution in [1.29, 1.82) is 0 Å². The third kappa shape index (κ3) is 3.72. The van der Waals surface area contributed by atoms with Crippen molar-refractivity contribution < 1.29 is 0 Å². The zero-order valence-corrected chi connectivity index (χ0v) is 15.2. The standard InChI is InChI=1S/C20H22Cl2N2/c21-17-11-18(22)13-19(12-17)24-8-6-23(7-9-24)14-16-10-20(16)15-4-2-1-3-5-15/h1-5,11-13,16,20H,6-10,14H2/t16-,20-/m1/s1. The highest BCUT2D eigenvalue weighted by molar-refractivity contribution is 6.35. The molecule has 0 aromatic heterocycles. The number of piperazine rings is 1. The van der Waals surface area contributed by atoms with Crippen molar-refractivity contribution >= 4 is 28.9 Å². The predicted molar refractivity (Wildman–Crippen MR) is 102 cm³/mol. The fourth-order valence-corrected chi connectivity index (χ4v) is 4.31. The van der Waals surface area contributed by atoms with Crippen LogP contribution in [-0.4, -0.2) is 37.6 Å². The van der Waals surface area contributed by atoms with Crippen LogP contribution in [-0.2, 0) is 0 Å². The molecule has 0 bridgehead atoms. The Hall–Kier alpha value is -1.22. The molecule has 2 nitrogen and oxygen atoms in total. The first kappa shape index (κ1) is 16.3. The minimum Gasteiger partial charge on any atom is -0.369 e. The Bertz CT molecular complexity index is 676. The van der Waals surface area contributed by atoms with E-state index in [4.69, 9.17) is 23.2 Å². The second-order valence-corrected chi connectivity index (χ2v) is 7.80. The summed E-state index contributed by atoms with van der Waals surface area (Å²) in [6, 6.07) is 16.8. The number of nitrogens with zero attached hydrogens (tertiary/aromatic N) is 2. The summed E-state index contributed by atoms with van der Waals surface area (Å²) in [5, 5.41) is 1.42. The van der Waals surface area contributed by atoms with Crippen molar-refractivity contribution in [1.82, 2.24) is 4.90 Å². The first-order valence-electron chi connectivity index (χ1n) is 8.67. The average molecular weight is 361 g/mol. The van der Waals surface area contributed by atoms with E-state index in [-0.39, 0.29) is 0 Å². The summed E-state index contributed by atoms with van der Waals surface area (Å²) < 4.78 is 0. The largest absolute Gasteiger partial charge is 0.369 e. The monoisotopic (exact) mass is 360 g/mol. The van der Waals surface area contributed by atoms with Crippen LogP contribution in [0.25, 0.3) is 0 Å². The smallest absolute Gasteiger partial charge is 0.0441 e. The summed E-state index contributed by atoms with van der Waals surface area (Å²) in [4.78, 5) is 4.99. The maximum absolute atomic E-state index is 6.13. The lowest BCUT2D eigenvalue weighted by molar-refractivity contribution is 0.246. The molecular weight excluding hydrogens is 339 g/mol. The highest BCUT2D eigenvalue weighted by Crippen LogP contribution is 2.47. The Kier molecular flexibility index (Phi) is 4.71. The number of anilines is 1. The first-order valence-corrected chi connectivity index (χ1v) is 9.43. The molecule has 2 aromatic rings. The normalized spacial score (nSPS) is 24.2. The van der Waals surface area contributed by atoms with Crippen LogP contribution in [0.15, 0.2) is 48.5 Å². The topological polar surface area (TPSA) is 6.48 Å². The van der Waals surface area contributed by atoms with Gasteiger partial charge in [0.15, 0.2) is 0 Å². The minimum absolute atomic E-state index is 0.712. The third-order valence-electron chi connectivity index (χ3n) is 5.23. The van der Waals surface area contributed by atoms with Gasteiger partial charge in [0.2, 0.25) is 0 Å². The number of halogens is 2. The van der Waals surface area contributed by atoms with Gasteiger partial charge in [-0.25, -0.2) is 0 Å². The van der Waals surface area contributed by atoms with Gasteiger partial charge in [-0.3, -0.25) is 4.90 Å². The van der Waals surface area contributed by atoms with Gasteiger partial charge in [-0.2, -0.15) is 0 Å². The van der Waals surface area contributed by atoms with Gasteiger partial charge in [0.1, 0.15) is 0 Å². The maximum Gasteiger partial charge on any atom is 0.0441 e. The summed E-state index contributed by atoms with van der Waals surface area (Å²) in [5.41, 5.74) is 2.65. The van der Waals surface area contributed by atoms with Gasteiger partial charge >= 0.3 is 0 Å². The third-order valence-corrected chi connectivity index (χ3v) is 5.66. The molecule has 4 rings (SSSR count). The van der Waals surface area contributed by atoms with Crippen LogP contribution in [0, 0.1) is 5.92 Å². The summed E-state index contributed by atoms with van der Waals surface area (Å²) in [5.74, 6) is 1.61. The van der Waals surface area contributed by atoms with E-state index in [1.165, 1.54) is 18.5 Å². The number of hydrogen-bond donors (Lipinski definition) is 0. The van der Waals surface area contributed by atoms with Gasteiger partial charge in [0.05, 0.1) is 0 Å². The van der Waals surface area contributed by atoms with E-state index in [2.05, 4.69) is 40.1 Å². The number of benzene rings is 2. The Morgan fingerprint density at radius 1 is 0.875 bits per heavy atom. The Balaban J connectivity index is 1.29. The van der Waals surface area contributed by atoms with E-state index in [9.17, 15) is 0 Å². The molecular formula is C20H22Cl2N2. The molecule has 2 fully saturated rings. The molecule has 1 saturated carbocycles. The molecule has 0 spiro atoms. The molecule has 24 heavy (non-hydrogen) atoms. The lowest BCUT2D eigenvalue weighted by Gasteiger charge is -2.36. The molecule has 126 valence electrons. The van der Waals surface area contributed by atoms with Crippen LogP contribution in [0.1, 0.15) is 17.9 Å². The minimum atomic E-state index is 0.712. The zero-order chi connectivity index (χ0) is 16.5. The molecule has 2 aromatic carbocycles. The van der Waals surface area contributed by atoms with Crippen LogP contribution < -0.4 is 4.90 Å². The summed E-state index contributed by atoms with van der Waals surface area (Å²) >= 11 is 12.3. The molecule has 0 amide bonds. The van der Waals surface area contributed by atoms with Crippen LogP contribution in [0.5, 0.6) is 0 Å². The van der Waals surface area contributed by atoms with E-state index in [0.29, 0.717) is 10.0 Å². The van der Waals surface area contributed by atoms with Gasteiger partial charge in [0, 0.05) is 48.5 Å². The zero-order valence-electron chi connectivity index (χ0n) is 13.7. The second-order valence-electron chi connectivity index (χ2n) is 6.93. The molecule has 2 atom stereocenters. The van der Waals surface area contributed by atoms with Crippen LogP contribution in [0.4, 0.5) is 5.69 Å². The molecule has 0 radical (unpaired) electrons. The van der Waals surface area contributed by atoms with Crippen molar-refractivity contribution in [2.45, 2.75) is 12.3 Å². The van der Waals surface area contributed by atoms with Crippen LogP contribution in [0.2, 0.25) is 10.0 Å². The summed E-state index contributed by atoms with van der Waals surface area (Å²) in [6.07, 6.45) is 1.34. The molecule has 1 aliphatic heterocycles. The molecule has 0 unspecified atom stereocenters. The Labute approximate surface area is 154 Å². The highest BCUT2D eigenvalue weighted by Gasteiger charge is 2.39. The van der Waals surface area contributed by atoms with Gasteiger partial charge in [-0.15, -0.1) is 0 Å². The highest BCUT2D eigenvalue weighted by atomic mass is 35.5. The summed E-state index contributed by atoms with van der Waals surface area (Å²) in [6.45, 7) is 5.53. The fourth-order valence-electron chi connectivity index (χ4n) is 3.80. The Morgan fingerprint density at radius 2 is 1.54 bits per heavy atom. The van der Waals surface area contributed by atoms with Gasteiger partial charge < -0.3 is 4.90 Å². The van der Waals surface area contributed by atoms with E-state index in [1.54, 1.807) is 6.07 Å². The SMILES string of the molecule is Clc1cc(Cl)cc(N2CCN(C[C@H]3C[C@@H]3c3ccccc3)CC2)c1. The van der Waals surface area contributed by atoms with Gasteiger partial charge in [-0.05, 0) is 42.0 Å². The predicted octanol–water partition coefficient (Wildman–Crippen LogP) is 4.92. The van der Waals surface area contributed by atoms with Gasteiger partial charge in [0.25, 0.3) is 0 Å². The molecule has 2 aliphatic rings. The second kappa shape index (κ2) is 6.95. The van der Waals surface area contributed by atoms with E-state index in [1.807, 2.05) is 12.1 Å². The fraction of sp³-hybridized carbons (Fsp3) is 0.400. The summed E-state index contributed by atoms with van der Waals surface area (Å²) in [7, 11) is 0. The number of rotatable bonds is 4. The van der Waals surface area contributed by atoms with E-state index >= 15 is 0 Å². The average Bonchev–Trinajstić information content (AvgIpc) is 3.35. The van der Waals surface area contributed by atoms with Crippen molar-refractivity contribution in [2.75, 3.05) is 37.6 Å². The van der Waals surface area contributed by atoms with Crippen molar-refractivity contribution in [3.8, 4) is 0 Å². The Morgan fingerprint density at radius 3 is 2.21 bits per heavy atom. The van der Waals surface area contributed by atoms with Crippen molar-refractivity contribution in [2.24, 2.45) is 5.92 Å². The van der Waals surface area contributed by atoms with Crippen molar-refractivity contribution in [3.63, 3.8) is 0 Å².